The molecular weight excluding hydrogens is 184 g/mol. The molecule has 1 saturated heterocycles. The zero-order valence-corrected chi connectivity index (χ0v) is 8.66. The van der Waals surface area contributed by atoms with E-state index in [-0.39, 0.29) is 6.04 Å². The van der Waals surface area contributed by atoms with Gasteiger partial charge in [0.25, 0.3) is 0 Å². The maximum Gasteiger partial charge on any atom is 0.404 e. The van der Waals surface area contributed by atoms with Gasteiger partial charge in [-0.2, -0.15) is 0 Å². The lowest BCUT2D eigenvalue weighted by molar-refractivity contribution is 0.0679. The Kier molecular flexibility index (Phi) is 3.34. The van der Waals surface area contributed by atoms with E-state index >= 15 is 0 Å². The Morgan fingerprint density at radius 3 is 2.79 bits per heavy atom. The smallest absolute Gasteiger partial charge is 0.404 e. The molecule has 0 radical (unpaired) electrons. The third-order valence-corrected chi connectivity index (χ3v) is 2.43. The number of hydrogen-bond acceptors (Lipinski definition) is 3. The highest BCUT2D eigenvalue weighted by atomic mass is 16.4. The topological polar surface area (TPSA) is 72.8 Å². The van der Waals surface area contributed by atoms with Crippen LogP contribution in [0.1, 0.15) is 20.3 Å². The number of carboxylic acid groups (broad SMARTS) is 1. The Labute approximate surface area is 83.7 Å². The molecule has 0 saturated carbocycles. The van der Waals surface area contributed by atoms with E-state index < -0.39 is 11.7 Å². The van der Waals surface area contributed by atoms with Crippen molar-refractivity contribution in [3.8, 4) is 0 Å². The first kappa shape index (κ1) is 11.3. The lowest BCUT2D eigenvalue weighted by Crippen LogP contribution is -2.41. The lowest BCUT2D eigenvalue weighted by atomic mass is 10.1. The van der Waals surface area contributed by atoms with Crippen molar-refractivity contribution in [3.63, 3.8) is 0 Å². The van der Waals surface area contributed by atoms with Gasteiger partial charge in [-0.3, -0.25) is 4.90 Å². The van der Waals surface area contributed by atoms with Gasteiger partial charge in [-0.25, -0.2) is 4.79 Å². The zero-order chi connectivity index (χ0) is 10.8. The molecule has 5 nitrogen and oxygen atoms in total. The fourth-order valence-corrected chi connectivity index (χ4v) is 1.84. The summed E-state index contributed by atoms with van der Waals surface area (Å²) < 4.78 is 0. The first-order valence-corrected chi connectivity index (χ1v) is 4.83. The summed E-state index contributed by atoms with van der Waals surface area (Å²) in [5.41, 5.74) is -0.608. The molecule has 2 atom stereocenters. The van der Waals surface area contributed by atoms with Crippen LogP contribution in [0.4, 0.5) is 4.79 Å². The normalized spacial score (nSPS) is 30.2. The van der Waals surface area contributed by atoms with Crippen LogP contribution < -0.4 is 5.32 Å². The molecule has 1 aliphatic heterocycles. The van der Waals surface area contributed by atoms with Crippen molar-refractivity contribution in [1.29, 1.82) is 0 Å². The largest absolute Gasteiger partial charge is 0.465 e. The van der Waals surface area contributed by atoms with E-state index in [4.69, 9.17) is 5.11 Å². The predicted molar refractivity (Wildman–Crippen MR) is 52.3 cm³/mol. The minimum absolute atomic E-state index is 0.0959. The van der Waals surface area contributed by atoms with E-state index in [2.05, 4.69) is 10.2 Å². The van der Waals surface area contributed by atoms with Crippen LogP contribution in [-0.4, -0.2) is 52.5 Å². The van der Waals surface area contributed by atoms with Gasteiger partial charge in [0.05, 0.1) is 5.60 Å². The van der Waals surface area contributed by atoms with Gasteiger partial charge in [0, 0.05) is 25.7 Å². The molecule has 1 aliphatic rings. The molecule has 1 fully saturated rings. The van der Waals surface area contributed by atoms with E-state index in [1.54, 1.807) is 0 Å². The van der Waals surface area contributed by atoms with Crippen molar-refractivity contribution in [3.05, 3.63) is 0 Å². The number of likely N-dealkylation sites (tertiary alicyclic amines) is 1. The van der Waals surface area contributed by atoms with Gasteiger partial charge in [0.2, 0.25) is 0 Å². The second kappa shape index (κ2) is 4.14. The number of carbonyl (C=O) groups is 1. The highest BCUT2D eigenvalue weighted by Gasteiger charge is 2.31. The molecule has 0 bridgehead atoms. The van der Waals surface area contributed by atoms with E-state index in [0.717, 1.165) is 13.0 Å². The van der Waals surface area contributed by atoms with E-state index in [1.807, 2.05) is 13.8 Å². The monoisotopic (exact) mass is 202 g/mol. The van der Waals surface area contributed by atoms with Crippen LogP contribution in [-0.2, 0) is 0 Å². The van der Waals surface area contributed by atoms with Crippen LogP contribution in [0.5, 0.6) is 0 Å². The zero-order valence-electron chi connectivity index (χ0n) is 8.66. The maximum absolute atomic E-state index is 10.3. The molecule has 1 rings (SSSR count). The van der Waals surface area contributed by atoms with Crippen molar-refractivity contribution >= 4 is 6.09 Å². The summed E-state index contributed by atoms with van der Waals surface area (Å²) in [6.45, 7) is 5.74. The highest BCUT2D eigenvalue weighted by molar-refractivity contribution is 5.64. The summed E-state index contributed by atoms with van der Waals surface area (Å²) in [6, 6.07) is -0.0959. The van der Waals surface area contributed by atoms with Crippen molar-refractivity contribution in [2.45, 2.75) is 31.9 Å². The number of amides is 1. The van der Waals surface area contributed by atoms with E-state index in [0.29, 0.717) is 13.1 Å². The third-order valence-electron chi connectivity index (χ3n) is 2.43. The van der Waals surface area contributed by atoms with Crippen LogP contribution in [0.15, 0.2) is 0 Å². The van der Waals surface area contributed by atoms with Crippen molar-refractivity contribution in [2.24, 2.45) is 0 Å². The summed E-state index contributed by atoms with van der Waals surface area (Å²) in [4.78, 5) is 12.4. The van der Waals surface area contributed by atoms with Gasteiger partial charge < -0.3 is 15.5 Å². The summed E-state index contributed by atoms with van der Waals surface area (Å²) in [5, 5.41) is 20.6. The fraction of sp³-hybridized carbons (Fsp3) is 0.889. The molecule has 14 heavy (non-hydrogen) atoms. The molecule has 3 N–H and O–H groups in total. The van der Waals surface area contributed by atoms with Crippen LogP contribution in [0.25, 0.3) is 0 Å². The second-order valence-electron chi connectivity index (χ2n) is 4.33. The number of rotatable bonds is 3. The third kappa shape index (κ3) is 3.51. The molecule has 82 valence electrons. The first-order valence-electron chi connectivity index (χ1n) is 4.83. The predicted octanol–water partition coefficient (Wildman–Crippen LogP) is 0.0992. The maximum atomic E-state index is 10.3. The Bertz CT molecular complexity index is 218. The Morgan fingerprint density at radius 2 is 2.36 bits per heavy atom. The van der Waals surface area contributed by atoms with Gasteiger partial charge in [0.1, 0.15) is 0 Å². The second-order valence-corrected chi connectivity index (χ2v) is 4.33. The van der Waals surface area contributed by atoms with Gasteiger partial charge in [0.15, 0.2) is 0 Å². The average Bonchev–Trinajstić information content (AvgIpc) is 2.27. The lowest BCUT2D eigenvalue weighted by Gasteiger charge is -2.22. The summed E-state index contributed by atoms with van der Waals surface area (Å²) in [6.07, 6.45) is -0.240. The van der Waals surface area contributed by atoms with Gasteiger partial charge in [-0.15, -0.1) is 0 Å². The fourth-order valence-electron chi connectivity index (χ4n) is 1.84. The van der Waals surface area contributed by atoms with Crippen molar-refractivity contribution in [2.75, 3.05) is 19.6 Å². The molecule has 0 spiro atoms. The number of nitrogens with one attached hydrogen (secondary N) is 1. The van der Waals surface area contributed by atoms with Gasteiger partial charge >= 0.3 is 6.09 Å². The quantitative estimate of drug-likeness (QED) is 0.607. The number of β-amino-alcohol motifs (C(OH)–C–C–N with tert-alkyl or cyclic N) is 1. The van der Waals surface area contributed by atoms with Crippen LogP contribution >= 0.6 is 0 Å². The summed E-state index contributed by atoms with van der Waals surface area (Å²) >= 11 is 0. The van der Waals surface area contributed by atoms with E-state index in [9.17, 15) is 9.90 Å². The Balaban J connectivity index is 2.29. The standard InChI is InChI=1S/C9H18N2O3/c1-7(10-8(12)13)5-11-4-3-9(2,14)6-11/h7,10,14H,3-6H2,1-2H3,(H,12,13)/t7-,9+/m0/s1. The Hall–Kier alpha value is -0.810. The average molecular weight is 202 g/mol. The molecule has 0 aromatic carbocycles. The molecule has 5 heteroatoms. The van der Waals surface area contributed by atoms with Gasteiger partial charge in [-0.05, 0) is 20.3 Å². The summed E-state index contributed by atoms with van der Waals surface area (Å²) in [7, 11) is 0. The number of nitrogens with zero attached hydrogens (tertiary/aromatic N) is 1. The van der Waals surface area contributed by atoms with Crippen molar-refractivity contribution in [1.82, 2.24) is 10.2 Å². The summed E-state index contributed by atoms with van der Waals surface area (Å²) in [5.74, 6) is 0. The minimum atomic E-state index is -0.997. The molecule has 0 aromatic rings. The molecule has 1 amide bonds. The van der Waals surface area contributed by atoms with Crippen molar-refractivity contribution < 1.29 is 15.0 Å². The first-order chi connectivity index (χ1) is 6.39. The molecule has 0 aliphatic carbocycles. The molecule has 0 aromatic heterocycles. The Morgan fingerprint density at radius 1 is 1.71 bits per heavy atom. The van der Waals surface area contributed by atoms with Crippen LogP contribution in [0.3, 0.4) is 0 Å². The number of hydrogen-bond donors (Lipinski definition) is 3. The molecule has 0 unspecified atom stereocenters. The minimum Gasteiger partial charge on any atom is -0.465 e. The molecule has 1 heterocycles. The SMILES string of the molecule is C[C@@H](CN1CC[C@@](C)(O)C1)NC(=O)O. The van der Waals surface area contributed by atoms with E-state index in [1.165, 1.54) is 0 Å². The highest BCUT2D eigenvalue weighted by Crippen LogP contribution is 2.19. The number of aliphatic hydroxyl groups is 1. The van der Waals surface area contributed by atoms with Gasteiger partial charge in [-0.1, -0.05) is 0 Å². The van der Waals surface area contributed by atoms with Crippen LogP contribution in [0.2, 0.25) is 0 Å². The molecular formula is C9H18N2O3. The van der Waals surface area contributed by atoms with Crippen LogP contribution in [0, 0.1) is 0 Å².